The van der Waals surface area contributed by atoms with E-state index >= 15 is 0 Å². The summed E-state index contributed by atoms with van der Waals surface area (Å²) in [5.41, 5.74) is 3.78. The summed E-state index contributed by atoms with van der Waals surface area (Å²) in [6, 6.07) is 24.8. The van der Waals surface area contributed by atoms with E-state index < -0.39 is 6.04 Å². The number of carbonyl (C=O) groups excluding carboxylic acids is 2. The fourth-order valence-electron chi connectivity index (χ4n) is 4.95. The molecule has 0 aliphatic carbocycles. The van der Waals surface area contributed by atoms with Crippen molar-refractivity contribution in [3.63, 3.8) is 0 Å². The van der Waals surface area contributed by atoms with Crippen molar-refractivity contribution in [1.82, 2.24) is 9.80 Å². The molecule has 1 atom stereocenters. The van der Waals surface area contributed by atoms with E-state index in [0.29, 0.717) is 34.9 Å². The first-order valence-corrected chi connectivity index (χ1v) is 14.0. The number of amides is 2. The standard InChI is InChI=1S/C29H26ClN5O2S/c30-21-8-6-7-20(17-21)19-38-29-32-24-12-5-4-11-23(24)27-31-25(28(37)35(27)29)18-26(36)34-15-13-33(14-16-34)22-9-2-1-3-10-22/h1-12,17,25H,13-16,18-19H2. The molecule has 9 heteroatoms. The van der Waals surface area contributed by atoms with Crippen molar-refractivity contribution >= 4 is 57.6 Å². The summed E-state index contributed by atoms with van der Waals surface area (Å²) in [5, 5.41) is 1.24. The largest absolute Gasteiger partial charge is 0.368 e. The molecule has 0 bridgehead atoms. The summed E-state index contributed by atoms with van der Waals surface area (Å²) in [7, 11) is 0. The van der Waals surface area contributed by atoms with Crippen LogP contribution in [0.3, 0.4) is 0 Å². The Hall–Kier alpha value is -3.62. The van der Waals surface area contributed by atoms with Crippen molar-refractivity contribution in [2.45, 2.75) is 18.2 Å². The number of hydrogen-bond donors (Lipinski definition) is 0. The number of halogens is 1. The second-order valence-corrected chi connectivity index (χ2v) is 10.8. The van der Waals surface area contributed by atoms with Crippen LogP contribution in [0.5, 0.6) is 0 Å². The van der Waals surface area contributed by atoms with Crippen molar-refractivity contribution in [2.75, 3.05) is 31.1 Å². The highest BCUT2D eigenvalue weighted by atomic mass is 35.5. The molecule has 3 aliphatic rings. The number of aliphatic imine (C=N–C) groups is 2. The molecule has 192 valence electrons. The number of thioether (sulfide) groups is 1. The molecule has 38 heavy (non-hydrogen) atoms. The maximum absolute atomic E-state index is 13.6. The minimum absolute atomic E-state index is 0.0430. The second-order valence-electron chi connectivity index (χ2n) is 9.38. The maximum Gasteiger partial charge on any atom is 0.259 e. The molecular formula is C29H26ClN5O2S. The SMILES string of the molecule is O=C(CC1N=C2c3ccccc3N=C(SCc3cccc(Cl)c3)N2C1=O)N1CCN(c2ccccc2)CC1. The van der Waals surface area contributed by atoms with Gasteiger partial charge in [-0.05, 0) is 42.0 Å². The monoisotopic (exact) mass is 543 g/mol. The van der Waals surface area contributed by atoms with Gasteiger partial charge in [-0.2, -0.15) is 0 Å². The van der Waals surface area contributed by atoms with Gasteiger partial charge in [0.15, 0.2) is 5.17 Å². The van der Waals surface area contributed by atoms with E-state index in [-0.39, 0.29) is 18.2 Å². The van der Waals surface area contributed by atoms with Crippen LogP contribution in [0.25, 0.3) is 0 Å². The van der Waals surface area contributed by atoms with E-state index in [1.807, 2.05) is 71.6 Å². The molecule has 6 rings (SSSR count). The second kappa shape index (κ2) is 10.6. The maximum atomic E-state index is 13.6. The van der Waals surface area contributed by atoms with E-state index in [1.165, 1.54) is 11.8 Å². The summed E-state index contributed by atoms with van der Waals surface area (Å²) < 4.78 is 0. The van der Waals surface area contributed by atoms with Crippen molar-refractivity contribution in [3.8, 4) is 0 Å². The van der Waals surface area contributed by atoms with E-state index in [0.717, 1.165) is 35.6 Å². The topological polar surface area (TPSA) is 68.6 Å². The van der Waals surface area contributed by atoms with Gasteiger partial charge in [-0.15, -0.1) is 0 Å². The lowest BCUT2D eigenvalue weighted by molar-refractivity contribution is -0.135. The summed E-state index contributed by atoms with van der Waals surface area (Å²) in [6.45, 7) is 2.78. The summed E-state index contributed by atoms with van der Waals surface area (Å²) >= 11 is 7.62. The minimum atomic E-state index is -0.757. The van der Waals surface area contributed by atoms with Crippen LogP contribution >= 0.6 is 23.4 Å². The lowest BCUT2D eigenvalue weighted by Crippen LogP contribution is -2.49. The molecule has 1 unspecified atom stereocenters. The van der Waals surface area contributed by atoms with Crippen LogP contribution in [0.4, 0.5) is 11.4 Å². The number of para-hydroxylation sites is 2. The highest BCUT2D eigenvalue weighted by molar-refractivity contribution is 8.13. The Labute approximate surface area is 230 Å². The normalized spacial score (nSPS) is 18.6. The average molecular weight is 544 g/mol. The molecule has 3 aliphatic heterocycles. The molecule has 1 fully saturated rings. The number of hydrogen-bond acceptors (Lipinski definition) is 6. The van der Waals surface area contributed by atoms with Crippen LogP contribution in [0.1, 0.15) is 17.5 Å². The highest BCUT2D eigenvalue weighted by Gasteiger charge is 2.42. The Balaban J connectivity index is 1.16. The first kappa shape index (κ1) is 24.7. The van der Waals surface area contributed by atoms with Crippen molar-refractivity contribution < 1.29 is 9.59 Å². The number of nitrogens with zero attached hydrogens (tertiary/aromatic N) is 5. The number of carbonyl (C=O) groups is 2. The Morgan fingerprint density at radius 2 is 1.71 bits per heavy atom. The highest BCUT2D eigenvalue weighted by Crippen LogP contribution is 2.35. The Bertz CT molecular complexity index is 1440. The van der Waals surface area contributed by atoms with Crippen molar-refractivity contribution in [2.24, 2.45) is 9.98 Å². The van der Waals surface area contributed by atoms with Crippen LogP contribution in [-0.2, 0) is 15.3 Å². The molecule has 0 spiro atoms. The van der Waals surface area contributed by atoms with Crippen molar-refractivity contribution in [3.05, 3.63) is 95.0 Å². The number of anilines is 1. The average Bonchev–Trinajstić information content (AvgIpc) is 3.28. The van der Waals surface area contributed by atoms with Crippen LogP contribution in [0.2, 0.25) is 5.02 Å². The first-order chi connectivity index (χ1) is 18.6. The van der Waals surface area contributed by atoms with Crippen LogP contribution in [0.15, 0.2) is 88.8 Å². The number of fused-ring (bicyclic) bond motifs is 3. The third-order valence-electron chi connectivity index (χ3n) is 6.93. The molecule has 3 heterocycles. The van der Waals surface area contributed by atoms with Crippen LogP contribution in [0, 0.1) is 0 Å². The van der Waals surface area contributed by atoms with Gasteiger partial charge in [-0.3, -0.25) is 14.6 Å². The smallest absolute Gasteiger partial charge is 0.259 e. The summed E-state index contributed by atoms with van der Waals surface area (Å²) in [6.07, 6.45) is 0.0541. The number of piperazine rings is 1. The third kappa shape index (κ3) is 4.93. The molecule has 2 amide bonds. The van der Waals surface area contributed by atoms with E-state index in [9.17, 15) is 9.59 Å². The van der Waals surface area contributed by atoms with E-state index in [2.05, 4.69) is 17.0 Å². The molecule has 0 saturated carbocycles. The summed E-state index contributed by atoms with van der Waals surface area (Å²) in [5.74, 6) is 0.927. The number of rotatable bonds is 5. The zero-order valence-corrected chi connectivity index (χ0v) is 22.2. The van der Waals surface area contributed by atoms with Gasteiger partial charge in [0.2, 0.25) is 5.91 Å². The third-order valence-corrected chi connectivity index (χ3v) is 8.17. The van der Waals surface area contributed by atoms with Gasteiger partial charge >= 0.3 is 0 Å². The molecule has 3 aromatic rings. The fourth-order valence-corrected chi connectivity index (χ4v) is 6.11. The zero-order valence-electron chi connectivity index (χ0n) is 20.7. The van der Waals surface area contributed by atoms with Gasteiger partial charge in [-0.25, -0.2) is 9.89 Å². The van der Waals surface area contributed by atoms with Crippen LogP contribution < -0.4 is 4.90 Å². The molecule has 1 saturated heterocycles. The van der Waals surface area contributed by atoms with E-state index in [1.54, 1.807) is 4.90 Å². The van der Waals surface area contributed by atoms with Gasteiger partial charge < -0.3 is 9.80 Å². The minimum Gasteiger partial charge on any atom is -0.368 e. The van der Waals surface area contributed by atoms with Crippen LogP contribution in [-0.4, -0.2) is 64.8 Å². The molecule has 0 radical (unpaired) electrons. The Kier molecular flexibility index (Phi) is 6.91. The van der Waals surface area contributed by atoms with Gasteiger partial charge in [0.25, 0.3) is 5.91 Å². The van der Waals surface area contributed by atoms with Crippen molar-refractivity contribution in [1.29, 1.82) is 0 Å². The lowest BCUT2D eigenvalue weighted by Gasteiger charge is -2.36. The Morgan fingerprint density at radius 3 is 2.50 bits per heavy atom. The summed E-state index contributed by atoms with van der Waals surface area (Å²) in [4.78, 5) is 42.1. The molecule has 0 N–H and O–H groups in total. The lowest BCUT2D eigenvalue weighted by atomic mass is 10.1. The molecule has 0 aromatic heterocycles. The van der Waals surface area contributed by atoms with Gasteiger partial charge in [0, 0.05) is 48.2 Å². The zero-order chi connectivity index (χ0) is 26.1. The first-order valence-electron chi connectivity index (χ1n) is 12.6. The van der Waals surface area contributed by atoms with E-state index in [4.69, 9.17) is 21.6 Å². The van der Waals surface area contributed by atoms with Gasteiger partial charge in [-0.1, -0.05) is 65.8 Å². The quantitative estimate of drug-likeness (QED) is 0.455. The molecule has 3 aromatic carbocycles. The van der Waals surface area contributed by atoms with Gasteiger partial charge in [0.05, 0.1) is 12.1 Å². The van der Waals surface area contributed by atoms with Gasteiger partial charge in [0.1, 0.15) is 11.9 Å². The molecule has 7 nitrogen and oxygen atoms in total. The Morgan fingerprint density at radius 1 is 0.947 bits per heavy atom. The predicted octanol–water partition coefficient (Wildman–Crippen LogP) is 4.97. The fraction of sp³-hybridized carbons (Fsp3) is 0.241. The number of amidine groups is 2. The predicted molar refractivity (Wildman–Crippen MR) is 153 cm³/mol. The molecular weight excluding hydrogens is 518 g/mol. The number of benzene rings is 3.